The summed E-state index contributed by atoms with van der Waals surface area (Å²) in [4.78, 5) is 46.0. The van der Waals surface area contributed by atoms with Gasteiger partial charge in [0.15, 0.2) is 10.8 Å². The highest BCUT2D eigenvalue weighted by molar-refractivity contribution is 6.12. The molecule has 0 aromatic heterocycles. The van der Waals surface area contributed by atoms with Gasteiger partial charge in [-0.1, -0.05) is 25.7 Å². The van der Waals surface area contributed by atoms with Crippen molar-refractivity contribution in [1.82, 2.24) is 0 Å². The molecule has 8 heteroatoms. The van der Waals surface area contributed by atoms with Crippen LogP contribution in [0.1, 0.15) is 38.5 Å². The van der Waals surface area contributed by atoms with Gasteiger partial charge < -0.3 is 20.4 Å². The monoisotopic (exact) mass is 288 g/mol. The lowest BCUT2D eigenvalue weighted by atomic mass is 9.57. The maximum atomic E-state index is 11.5. The van der Waals surface area contributed by atoms with Crippen LogP contribution in [0.3, 0.4) is 0 Å². The van der Waals surface area contributed by atoms with Crippen LogP contribution in [0.5, 0.6) is 0 Å². The Hall–Kier alpha value is -2.12. The number of hydrogen-bond acceptors (Lipinski definition) is 4. The van der Waals surface area contributed by atoms with Gasteiger partial charge in [-0.2, -0.15) is 0 Å². The molecule has 1 aliphatic rings. The predicted molar refractivity (Wildman–Crippen MR) is 63.1 cm³/mol. The van der Waals surface area contributed by atoms with Gasteiger partial charge in [-0.3, -0.25) is 19.2 Å². The minimum atomic E-state index is -2.86. The van der Waals surface area contributed by atoms with Crippen molar-refractivity contribution in [2.24, 2.45) is 10.8 Å². The van der Waals surface area contributed by atoms with Gasteiger partial charge in [0.1, 0.15) is 0 Å². The molecule has 0 bridgehead atoms. The summed E-state index contributed by atoms with van der Waals surface area (Å²) in [5.41, 5.74) is -5.71. The van der Waals surface area contributed by atoms with Crippen molar-refractivity contribution in [1.29, 1.82) is 0 Å². The van der Waals surface area contributed by atoms with Gasteiger partial charge in [0, 0.05) is 0 Å². The molecule has 0 unspecified atom stereocenters. The molecule has 0 aromatic carbocycles. The summed E-state index contributed by atoms with van der Waals surface area (Å²) in [5.74, 6) is -7.68. The molecule has 4 N–H and O–H groups in total. The van der Waals surface area contributed by atoms with E-state index < -0.39 is 47.5 Å². The topological polar surface area (TPSA) is 149 Å². The highest BCUT2D eigenvalue weighted by atomic mass is 16.4. The summed E-state index contributed by atoms with van der Waals surface area (Å²) in [6.45, 7) is 0. The zero-order chi connectivity index (χ0) is 15.6. The molecule has 1 saturated carbocycles. The summed E-state index contributed by atoms with van der Waals surface area (Å²) in [6, 6.07) is 0. The first-order chi connectivity index (χ1) is 9.23. The Kier molecular flexibility index (Phi) is 4.36. The lowest BCUT2D eigenvalue weighted by Gasteiger charge is -2.40. The maximum absolute atomic E-state index is 11.5. The Morgan fingerprint density at radius 2 is 0.800 bits per heavy atom. The molecular formula is C12H16O8. The van der Waals surface area contributed by atoms with Gasteiger partial charge in [-0.25, -0.2) is 0 Å². The van der Waals surface area contributed by atoms with Crippen molar-refractivity contribution < 1.29 is 39.6 Å². The van der Waals surface area contributed by atoms with Crippen molar-refractivity contribution >= 4 is 23.9 Å². The van der Waals surface area contributed by atoms with Crippen molar-refractivity contribution in [3.63, 3.8) is 0 Å². The van der Waals surface area contributed by atoms with Crippen LogP contribution in [0.15, 0.2) is 0 Å². The second-order valence-electron chi connectivity index (χ2n) is 4.95. The fourth-order valence-electron chi connectivity index (χ4n) is 2.90. The molecule has 8 nitrogen and oxygen atoms in total. The summed E-state index contributed by atoms with van der Waals surface area (Å²) in [7, 11) is 0. The van der Waals surface area contributed by atoms with Crippen LogP contribution in [-0.2, 0) is 19.2 Å². The molecule has 20 heavy (non-hydrogen) atoms. The van der Waals surface area contributed by atoms with Crippen molar-refractivity contribution in [3.05, 3.63) is 0 Å². The van der Waals surface area contributed by atoms with E-state index in [1.807, 2.05) is 0 Å². The van der Waals surface area contributed by atoms with Gasteiger partial charge in [-0.05, 0) is 12.8 Å². The molecule has 0 spiro atoms. The van der Waals surface area contributed by atoms with E-state index >= 15 is 0 Å². The molecule has 1 fully saturated rings. The average Bonchev–Trinajstić information content (AvgIpc) is 2.27. The SMILES string of the molecule is O=C(O)C1(C(=O)O)CCCCCCC1(C(=O)O)C(=O)O. The van der Waals surface area contributed by atoms with E-state index in [0.29, 0.717) is 12.8 Å². The fourth-order valence-corrected chi connectivity index (χ4v) is 2.90. The molecule has 0 saturated heterocycles. The average molecular weight is 288 g/mol. The quantitative estimate of drug-likeness (QED) is 0.551. The van der Waals surface area contributed by atoms with Gasteiger partial charge >= 0.3 is 23.9 Å². The Balaban J connectivity index is 3.64. The largest absolute Gasteiger partial charge is 0.480 e. The maximum Gasteiger partial charge on any atom is 0.322 e. The molecule has 1 aliphatic carbocycles. The smallest absolute Gasteiger partial charge is 0.322 e. The number of hydrogen-bond donors (Lipinski definition) is 4. The fraction of sp³-hybridized carbons (Fsp3) is 0.667. The summed E-state index contributed by atoms with van der Waals surface area (Å²) in [5, 5.41) is 37.2. The van der Waals surface area contributed by atoms with Crippen LogP contribution >= 0.6 is 0 Å². The second-order valence-corrected chi connectivity index (χ2v) is 4.95. The Morgan fingerprint density at radius 1 is 0.550 bits per heavy atom. The normalized spacial score (nSPS) is 21.2. The molecule has 1 rings (SSSR count). The van der Waals surface area contributed by atoms with E-state index in [9.17, 15) is 39.6 Å². The number of rotatable bonds is 4. The number of carbonyl (C=O) groups is 4. The van der Waals surface area contributed by atoms with Crippen LogP contribution in [0, 0.1) is 10.8 Å². The van der Waals surface area contributed by atoms with E-state index in [1.165, 1.54) is 0 Å². The molecule has 0 heterocycles. The van der Waals surface area contributed by atoms with Crippen molar-refractivity contribution in [3.8, 4) is 0 Å². The number of carboxylic acid groups (broad SMARTS) is 4. The lowest BCUT2D eigenvalue weighted by Crippen LogP contribution is -2.61. The first-order valence-electron chi connectivity index (χ1n) is 6.17. The molecule has 0 amide bonds. The Bertz CT molecular complexity index is 382. The van der Waals surface area contributed by atoms with E-state index in [2.05, 4.69) is 0 Å². The van der Waals surface area contributed by atoms with Crippen molar-refractivity contribution in [2.75, 3.05) is 0 Å². The van der Waals surface area contributed by atoms with E-state index in [1.54, 1.807) is 0 Å². The standard InChI is InChI=1S/C12H16O8/c13-7(14)11(8(15)16)5-3-1-2-4-6-12(11,9(17)18)10(19)20/h1-6H2,(H,13,14)(H,15,16)(H,17,18)(H,19,20). The lowest BCUT2D eigenvalue weighted by molar-refractivity contribution is -0.198. The minimum Gasteiger partial charge on any atom is -0.480 e. The summed E-state index contributed by atoms with van der Waals surface area (Å²) in [6.07, 6.45) is 0.351. The summed E-state index contributed by atoms with van der Waals surface area (Å²) >= 11 is 0. The highest BCUT2D eigenvalue weighted by Gasteiger charge is 2.70. The van der Waals surface area contributed by atoms with Gasteiger partial charge in [0.05, 0.1) is 0 Å². The van der Waals surface area contributed by atoms with E-state index in [0.717, 1.165) is 0 Å². The Labute approximate surface area is 114 Å². The van der Waals surface area contributed by atoms with Gasteiger partial charge in [0.2, 0.25) is 0 Å². The third-order valence-electron chi connectivity index (χ3n) is 4.04. The zero-order valence-corrected chi connectivity index (χ0v) is 10.7. The minimum absolute atomic E-state index is 0.154. The third kappa shape index (κ3) is 2.00. The Morgan fingerprint density at radius 3 is 1.00 bits per heavy atom. The van der Waals surface area contributed by atoms with Crippen LogP contribution in [0.25, 0.3) is 0 Å². The van der Waals surface area contributed by atoms with Crippen molar-refractivity contribution in [2.45, 2.75) is 38.5 Å². The molecule has 112 valence electrons. The van der Waals surface area contributed by atoms with Crippen LogP contribution in [-0.4, -0.2) is 44.3 Å². The van der Waals surface area contributed by atoms with E-state index in [-0.39, 0.29) is 12.8 Å². The van der Waals surface area contributed by atoms with E-state index in [4.69, 9.17) is 0 Å². The zero-order valence-electron chi connectivity index (χ0n) is 10.7. The molecule has 0 atom stereocenters. The molecular weight excluding hydrogens is 272 g/mol. The highest BCUT2D eigenvalue weighted by Crippen LogP contribution is 2.50. The second kappa shape index (κ2) is 5.48. The van der Waals surface area contributed by atoms with Crippen LogP contribution in [0.2, 0.25) is 0 Å². The third-order valence-corrected chi connectivity index (χ3v) is 4.04. The van der Waals surface area contributed by atoms with Crippen LogP contribution in [0.4, 0.5) is 0 Å². The summed E-state index contributed by atoms with van der Waals surface area (Å²) < 4.78 is 0. The van der Waals surface area contributed by atoms with Gasteiger partial charge in [-0.15, -0.1) is 0 Å². The number of aliphatic carboxylic acids is 4. The first kappa shape index (κ1) is 15.9. The molecule has 0 aliphatic heterocycles. The molecule has 0 radical (unpaired) electrons. The number of carboxylic acids is 4. The first-order valence-corrected chi connectivity index (χ1v) is 6.17. The van der Waals surface area contributed by atoms with Gasteiger partial charge in [0.25, 0.3) is 0 Å². The predicted octanol–water partition coefficient (Wildman–Crippen LogP) is 0.652. The molecule has 0 aromatic rings. The van der Waals surface area contributed by atoms with Crippen LogP contribution < -0.4 is 0 Å².